The molecule has 1 fully saturated rings. The summed E-state index contributed by atoms with van der Waals surface area (Å²) in [7, 11) is 0. The average molecular weight is 300 g/mol. The molecule has 1 aliphatic rings. The highest BCUT2D eigenvalue weighted by molar-refractivity contribution is 5.98. The largest absolute Gasteiger partial charge is 0.396 e. The second kappa shape index (κ2) is 5.88. The SMILES string of the molecule is Cc1ccc(-n2nccn2)c(C(=O)N2C[C@H](CO)C[C@H]2C)c1. The fraction of sp³-hybridized carbons (Fsp3) is 0.438. The zero-order valence-electron chi connectivity index (χ0n) is 12.8. The summed E-state index contributed by atoms with van der Waals surface area (Å²) in [6, 6.07) is 5.82. The monoisotopic (exact) mass is 300 g/mol. The van der Waals surface area contributed by atoms with Crippen LogP contribution in [0.2, 0.25) is 0 Å². The highest BCUT2D eigenvalue weighted by Gasteiger charge is 2.33. The lowest BCUT2D eigenvalue weighted by Crippen LogP contribution is -2.35. The minimum absolute atomic E-state index is 0.0283. The van der Waals surface area contributed by atoms with Gasteiger partial charge in [0.25, 0.3) is 5.91 Å². The first kappa shape index (κ1) is 14.7. The van der Waals surface area contributed by atoms with E-state index in [1.54, 1.807) is 12.4 Å². The maximum absolute atomic E-state index is 13.0. The summed E-state index contributed by atoms with van der Waals surface area (Å²) in [5, 5.41) is 17.6. The molecule has 1 aromatic carbocycles. The van der Waals surface area contributed by atoms with Crippen LogP contribution in [0, 0.1) is 12.8 Å². The summed E-state index contributed by atoms with van der Waals surface area (Å²) in [5.74, 6) is 0.134. The Balaban J connectivity index is 1.97. The molecule has 2 aromatic rings. The fourth-order valence-corrected chi connectivity index (χ4v) is 3.05. The van der Waals surface area contributed by atoms with E-state index in [0.717, 1.165) is 12.0 Å². The molecular formula is C16H20N4O2. The summed E-state index contributed by atoms with van der Waals surface area (Å²) in [5.41, 5.74) is 2.30. The number of carbonyl (C=O) groups excluding carboxylic acids is 1. The second-order valence-electron chi connectivity index (χ2n) is 5.93. The molecule has 6 nitrogen and oxygen atoms in total. The third-order valence-electron chi connectivity index (χ3n) is 4.20. The van der Waals surface area contributed by atoms with Gasteiger partial charge in [0.1, 0.15) is 0 Å². The quantitative estimate of drug-likeness (QED) is 0.930. The van der Waals surface area contributed by atoms with Crippen molar-refractivity contribution in [2.45, 2.75) is 26.3 Å². The van der Waals surface area contributed by atoms with Gasteiger partial charge in [-0.3, -0.25) is 4.79 Å². The van der Waals surface area contributed by atoms with Crippen LogP contribution in [0.3, 0.4) is 0 Å². The number of hydrogen-bond acceptors (Lipinski definition) is 4. The Morgan fingerprint density at radius 1 is 1.36 bits per heavy atom. The van der Waals surface area contributed by atoms with Gasteiger partial charge in [-0.2, -0.15) is 15.0 Å². The van der Waals surface area contributed by atoms with E-state index in [1.165, 1.54) is 4.80 Å². The van der Waals surface area contributed by atoms with E-state index >= 15 is 0 Å². The molecule has 0 spiro atoms. The standard InChI is InChI=1S/C16H20N4O2/c1-11-3-4-15(20-17-5-6-18-20)14(7-11)16(22)19-9-13(10-21)8-12(19)2/h3-7,12-13,21H,8-10H2,1-2H3/t12-,13-/m1/s1. The van der Waals surface area contributed by atoms with Gasteiger partial charge >= 0.3 is 0 Å². The smallest absolute Gasteiger partial charge is 0.256 e. The predicted octanol–water partition coefficient (Wildman–Crippen LogP) is 1.42. The van der Waals surface area contributed by atoms with Crippen LogP contribution in [0.5, 0.6) is 0 Å². The van der Waals surface area contributed by atoms with Crippen LogP contribution in [0.25, 0.3) is 5.69 Å². The van der Waals surface area contributed by atoms with Crippen molar-refractivity contribution in [3.05, 3.63) is 41.7 Å². The summed E-state index contributed by atoms with van der Waals surface area (Å²) in [6.07, 6.45) is 4.02. The summed E-state index contributed by atoms with van der Waals surface area (Å²) < 4.78 is 0. The minimum atomic E-state index is -0.0283. The van der Waals surface area contributed by atoms with Crippen LogP contribution >= 0.6 is 0 Å². The van der Waals surface area contributed by atoms with Gasteiger partial charge in [-0.1, -0.05) is 11.6 Å². The van der Waals surface area contributed by atoms with E-state index in [9.17, 15) is 9.90 Å². The maximum atomic E-state index is 13.0. The Kier molecular flexibility index (Phi) is 3.94. The molecule has 0 bridgehead atoms. The number of hydrogen-bond donors (Lipinski definition) is 1. The van der Waals surface area contributed by atoms with Crippen LogP contribution in [0.4, 0.5) is 0 Å². The molecule has 1 aromatic heterocycles. The van der Waals surface area contributed by atoms with Crippen molar-refractivity contribution in [1.82, 2.24) is 19.9 Å². The zero-order valence-corrected chi connectivity index (χ0v) is 12.8. The van der Waals surface area contributed by atoms with Gasteiger partial charge in [-0.15, -0.1) is 0 Å². The molecule has 1 saturated heterocycles. The summed E-state index contributed by atoms with van der Waals surface area (Å²) in [4.78, 5) is 16.3. The van der Waals surface area contributed by atoms with E-state index < -0.39 is 0 Å². The molecule has 22 heavy (non-hydrogen) atoms. The molecule has 1 amide bonds. The van der Waals surface area contributed by atoms with Crippen molar-refractivity contribution < 1.29 is 9.90 Å². The second-order valence-corrected chi connectivity index (χ2v) is 5.93. The lowest BCUT2D eigenvalue weighted by molar-refractivity contribution is 0.0738. The number of carbonyl (C=O) groups is 1. The number of aliphatic hydroxyl groups excluding tert-OH is 1. The molecule has 2 atom stereocenters. The number of likely N-dealkylation sites (tertiary alicyclic amines) is 1. The molecule has 0 aliphatic carbocycles. The molecule has 6 heteroatoms. The van der Waals surface area contributed by atoms with E-state index in [0.29, 0.717) is 17.8 Å². The number of aryl methyl sites for hydroxylation is 1. The first-order valence-electron chi connectivity index (χ1n) is 7.49. The summed E-state index contributed by atoms with van der Waals surface area (Å²) >= 11 is 0. The fourth-order valence-electron chi connectivity index (χ4n) is 3.05. The topological polar surface area (TPSA) is 71.2 Å². The van der Waals surface area contributed by atoms with Gasteiger partial charge in [-0.25, -0.2) is 0 Å². The first-order valence-corrected chi connectivity index (χ1v) is 7.49. The van der Waals surface area contributed by atoms with Gasteiger partial charge in [0, 0.05) is 25.1 Å². The molecule has 116 valence electrons. The maximum Gasteiger partial charge on any atom is 0.256 e. The van der Waals surface area contributed by atoms with E-state index in [2.05, 4.69) is 10.2 Å². The number of aliphatic hydroxyl groups is 1. The van der Waals surface area contributed by atoms with Crippen molar-refractivity contribution in [1.29, 1.82) is 0 Å². The van der Waals surface area contributed by atoms with Gasteiger partial charge in [0.15, 0.2) is 0 Å². The third kappa shape index (κ3) is 2.62. The number of nitrogens with zero attached hydrogens (tertiary/aromatic N) is 4. The highest BCUT2D eigenvalue weighted by Crippen LogP contribution is 2.26. The normalized spacial score (nSPS) is 21.3. The molecule has 2 heterocycles. The molecule has 0 unspecified atom stereocenters. The van der Waals surface area contributed by atoms with Crippen LogP contribution in [-0.4, -0.2) is 50.1 Å². The number of benzene rings is 1. The van der Waals surface area contributed by atoms with Crippen molar-refractivity contribution in [2.75, 3.05) is 13.2 Å². The predicted molar refractivity (Wildman–Crippen MR) is 81.8 cm³/mol. The van der Waals surface area contributed by atoms with Crippen LogP contribution < -0.4 is 0 Å². The van der Waals surface area contributed by atoms with E-state index in [-0.39, 0.29) is 24.5 Å². The molecule has 1 N–H and O–H groups in total. The zero-order chi connectivity index (χ0) is 15.7. The van der Waals surface area contributed by atoms with Crippen molar-refractivity contribution in [3.63, 3.8) is 0 Å². The Hall–Kier alpha value is -2.21. The number of rotatable bonds is 3. The van der Waals surface area contributed by atoms with Crippen molar-refractivity contribution >= 4 is 5.91 Å². The Morgan fingerprint density at radius 2 is 2.09 bits per heavy atom. The molecule has 0 saturated carbocycles. The summed E-state index contributed by atoms with van der Waals surface area (Å²) in [6.45, 7) is 4.70. The molecule has 3 rings (SSSR count). The lowest BCUT2D eigenvalue weighted by Gasteiger charge is -2.23. The van der Waals surface area contributed by atoms with Crippen LogP contribution in [0.15, 0.2) is 30.6 Å². The van der Waals surface area contributed by atoms with Crippen LogP contribution in [0.1, 0.15) is 29.3 Å². The number of amides is 1. The average Bonchev–Trinajstić information content (AvgIpc) is 3.15. The van der Waals surface area contributed by atoms with Gasteiger partial charge in [-0.05, 0) is 32.4 Å². The van der Waals surface area contributed by atoms with Gasteiger partial charge in [0.2, 0.25) is 0 Å². The number of aromatic nitrogens is 3. The van der Waals surface area contributed by atoms with Gasteiger partial charge < -0.3 is 10.0 Å². The van der Waals surface area contributed by atoms with E-state index in [4.69, 9.17) is 0 Å². The Labute approximate surface area is 129 Å². The van der Waals surface area contributed by atoms with Crippen molar-refractivity contribution in [2.24, 2.45) is 5.92 Å². The highest BCUT2D eigenvalue weighted by atomic mass is 16.3. The van der Waals surface area contributed by atoms with E-state index in [1.807, 2.05) is 36.9 Å². The first-order chi connectivity index (χ1) is 10.6. The minimum Gasteiger partial charge on any atom is -0.396 e. The third-order valence-corrected chi connectivity index (χ3v) is 4.20. The molecular weight excluding hydrogens is 280 g/mol. The lowest BCUT2D eigenvalue weighted by atomic mass is 10.1. The Morgan fingerprint density at radius 3 is 2.73 bits per heavy atom. The Bertz CT molecular complexity index is 669. The van der Waals surface area contributed by atoms with Crippen molar-refractivity contribution in [3.8, 4) is 5.69 Å². The molecule has 1 aliphatic heterocycles. The van der Waals surface area contributed by atoms with Crippen LogP contribution in [-0.2, 0) is 0 Å². The van der Waals surface area contributed by atoms with Gasteiger partial charge in [0.05, 0.1) is 23.6 Å². The molecule has 0 radical (unpaired) electrons.